The monoisotopic (exact) mass is 386 g/mol. The molecule has 0 aromatic heterocycles. The van der Waals surface area contributed by atoms with E-state index in [0.717, 1.165) is 28.7 Å². The van der Waals surface area contributed by atoms with E-state index in [9.17, 15) is 9.59 Å². The zero-order valence-corrected chi connectivity index (χ0v) is 15.1. The fourth-order valence-corrected chi connectivity index (χ4v) is 3.29. The Kier molecular flexibility index (Phi) is 5.00. The minimum Gasteiger partial charge on any atom is -0.352 e. The number of halogens is 1. The molecule has 4 nitrogen and oxygen atoms in total. The summed E-state index contributed by atoms with van der Waals surface area (Å²) in [6, 6.07) is 13.3. The third-order valence-corrected chi connectivity index (χ3v) is 4.76. The Morgan fingerprint density at radius 3 is 2.67 bits per heavy atom. The number of carbonyl (C=O) groups is 2. The van der Waals surface area contributed by atoms with Gasteiger partial charge < -0.3 is 10.2 Å². The highest BCUT2D eigenvalue weighted by Gasteiger charge is 2.25. The summed E-state index contributed by atoms with van der Waals surface area (Å²) in [5, 5.41) is 2.81. The van der Waals surface area contributed by atoms with E-state index in [1.807, 2.05) is 36.1 Å². The summed E-state index contributed by atoms with van der Waals surface area (Å²) in [4.78, 5) is 26.4. The molecule has 2 aromatic carbocycles. The molecule has 0 bridgehead atoms. The maximum absolute atomic E-state index is 12.5. The Balaban J connectivity index is 1.56. The molecule has 2 aromatic rings. The number of anilines is 1. The van der Waals surface area contributed by atoms with Crippen molar-refractivity contribution in [2.24, 2.45) is 0 Å². The van der Waals surface area contributed by atoms with Gasteiger partial charge in [0.25, 0.3) is 5.91 Å². The fourth-order valence-electron chi connectivity index (χ4n) is 3.02. The summed E-state index contributed by atoms with van der Waals surface area (Å²) in [5.41, 5.74) is 3.98. The molecular formula is C19H19BrN2O2. The lowest BCUT2D eigenvalue weighted by Crippen LogP contribution is -2.33. The third kappa shape index (κ3) is 3.51. The van der Waals surface area contributed by atoms with E-state index in [-0.39, 0.29) is 11.8 Å². The van der Waals surface area contributed by atoms with Crippen molar-refractivity contribution in [2.45, 2.75) is 19.8 Å². The third-order valence-electron chi connectivity index (χ3n) is 4.23. The Morgan fingerprint density at radius 1 is 1.17 bits per heavy atom. The number of nitrogens with one attached hydrogen (secondary N) is 1. The standard InChI is InChI=1S/C19H19BrN2O2/c1-13-3-2-4-14-10-12-22(18(13)14)17(23)9-11-21-19(24)15-5-7-16(20)8-6-15/h2-8H,9-12H2,1H3,(H,21,24). The summed E-state index contributed by atoms with van der Waals surface area (Å²) >= 11 is 3.34. The van der Waals surface area contributed by atoms with Crippen LogP contribution in [0.5, 0.6) is 0 Å². The minimum absolute atomic E-state index is 0.0548. The van der Waals surface area contributed by atoms with Gasteiger partial charge in [-0.3, -0.25) is 9.59 Å². The van der Waals surface area contributed by atoms with Gasteiger partial charge in [-0.05, 0) is 48.7 Å². The van der Waals surface area contributed by atoms with Crippen LogP contribution >= 0.6 is 15.9 Å². The average Bonchev–Trinajstić information content (AvgIpc) is 3.01. The molecule has 1 N–H and O–H groups in total. The molecule has 0 fully saturated rings. The Morgan fingerprint density at radius 2 is 1.92 bits per heavy atom. The molecule has 2 amide bonds. The molecular weight excluding hydrogens is 368 g/mol. The first-order valence-electron chi connectivity index (χ1n) is 7.99. The molecule has 1 heterocycles. The number of fused-ring (bicyclic) bond motifs is 1. The fraction of sp³-hybridized carbons (Fsp3) is 0.263. The number of hydrogen-bond acceptors (Lipinski definition) is 2. The first-order chi connectivity index (χ1) is 11.6. The van der Waals surface area contributed by atoms with Gasteiger partial charge in [-0.2, -0.15) is 0 Å². The van der Waals surface area contributed by atoms with Gasteiger partial charge in [-0.15, -0.1) is 0 Å². The molecule has 3 rings (SSSR count). The summed E-state index contributed by atoms with van der Waals surface area (Å²) in [7, 11) is 0. The van der Waals surface area contributed by atoms with E-state index < -0.39 is 0 Å². The number of amides is 2. The largest absolute Gasteiger partial charge is 0.352 e. The number of rotatable bonds is 4. The van der Waals surface area contributed by atoms with Crippen LogP contribution < -0.4 is 10.2 Å². The Labute approximate surface area is 150 Å². The van der Waals surface area contributed by atoms with Crippen LogP contribution in [0.2, 0.25) is 0 Å². The molecule has 24 heavy (non-hydrogen) atoms. The summed E-state index contributed by atoms with van der Waals surface area (Å²) in [6.45, 7) is 3.09. The second-order valence-electron chi connectivity index (χ2n) is 5.89. The molecule has 0 aliphatic carbocycles. The molecule has 0 spiro atoms. The van der Waals surface area contributed by atoms with E-state index in [0.29, 0.717) is 18.5 Å². The van der Waals surface area contributed by atoms with Crippen LogP contribution in [0.4, 0.5) is 5.69 Å². The van der Waals surface area contributed by atoms with Gasteiger partial charge >= 0.3 is 0 Å². The van der Waals surface area contributed by atoms with Gasteiger partial charge in [0.15, 0.2) is 0 Å². The van der Waals surface area contributed by atoms with E-state index >= 15 is 0 Å². The number of carbonyl (C=O) groups excluding carboxylic acids is 2. The van der Waals surface area contributed by atoms with Crippen LogP contribution in [0.15, 0.2) is 46.9 Å². The number of aryl methyl sites for hydroxylation is 1. The number of benzene rings is 2. The number of hydrogen-bond donors (Lipinski definition) is 1. The number of nitrogens with zero attached hydrogens (tertiary/aromatic N) is 1. The predicted octanol–water partition coefficient (Wildman–Crippen LogP) is 3.47. The van der Waals surface area contributed by atoms with Crippen LogP contribution in [-0.4, -0.2) is 24.9 Å². The Hall–Kier alpha value is -2.14. The molecule has 0 saturated heterocycles. The van der Waals surface area contributed by atoms with Gasteiger partial charge in [0, 0.05) is 35.2 Å². The molecule has 0 unspecified atom stereocenters. The Bertz CT molecular complexity index is 771. The zero-order chi connectivity index (χ0) is 17.1. The molecule has 1 aliphatic heterocycles. The highest BCUT2D eigenvalue weighted by Crippen LogP contribution is 2.31. The molecule has 0 atom stereocenters. The van der Waals surface area contributed by atoms with Crippen LogP contribution in [0.1, 0.15) is 27.9 Å². The second kappa shape index (κ2) is 7.18. The van der Waals surface area contributed by atoms with Crippen LogP contribution in [-0.2, 0) is 11.2 Å². The van der Waals surface area contributed by atoms with E-state index in [2.05, 4.69) is 27.3 Å². The predicted molar refractivity (Wildman–Crippen MR) is 98.3 cm³/mol. The number of para-hydroxylation sites is 1. The average molecular weight is 387 g/mol. The van der Waals surface area contributed by atoms with Crippen molar-refractivity contribution in [1.82, 2.24) is 5.32 Å². The van der Waals surface area contributed by atoms with Crippen molar-refractivity contribution in [2.75, 3.05) is 18.0 Å². The topological polar surface area (TPSA) is 49.4 Å². The zero-order valence-electron chi connectivity index (χ0n) is 13.5. The molecule has 0 saturated carbocycles. The van der Waals surface area contributed by atoms with Crippen molar-refractivity contribution in [1.29, 1.82) is 0 Å². The van der Waals surface area contributed by atoms with E-state index in [4.69, 9.17) is 0 Å². The maximum Gasteiger partial charge on any atom is 0.251 e. The van der Waals surface area contributed by atoms with E-state index in [1.54, 1.807) is 12.1 Å². The smallest absolute Gasteiger partial charge is 0.251 e. The van der Waals surface area contributed by atoms with Crippen molar-refractivity contribution in [3.8, 4) is 0 Å². The molecule has 0 radical (unpaired) electrons. The first kappa shape index (κ1) is 16.7. The summed E-state index contributed by atoms with van der Waals surface area (Å²) < 4.78 is 0.928. The van der Waals surface area contributed by atoms with Crippen LogP contribution in [0.3, 0.4) is 0 Å². The van der Waals surface area contributed by atoms with Gasteiger partial charge in [-0.25, -0.2) is 0 Å². The molecule has 124 valence electrons. The highest BCUT2D eigenvalue weighted by molar-refractivity contribution is 9.10. The van der Waals surface area contributed by atoms with Crippen molar-refractivity contribution < 1.29 is 9.59 Å². The first-order valence-corrected chi connectivity index (χ1v) is 8.78. The van der Waals surface area contributed by atoms with Crippen molar-refractivity contribution >= 4 is 33.4 Å². The molecule has 1 aliphatic rings. The second-order valence-corrected chi connectivity index (χ2v) is 6.81. The quantitative estimate of drug-likeness (QED) is 0.874. The van der Waals surface area contributed by atoms with Gasteiger partial charge in [0.1, 0.15) is 0 Å². The summed E-state index contributed by atoms with van der Waals surface area (Å²) in [5.74, 6) is -0.104. The SMILES string of the molecule is Cc1cccc2c1N(C(=O)CCNC(=O)c1ccc(Br)cc1)CC2. The molecule has 5 heteroatoms. The van der Waals surface area contributed by atoms with Crippen LogP contribution in [0.25, 0.3) is 0 Å². The normalized spacial score (nSPS) is 12.8. The van der Waals surface area contributed by atoms with Gasteiger partial charge in [-0.1, -0.05) is 34.1 Å². The van der Waals surface area contributed by atoms with Crippen LogP contribution in [0, 0.1) is 6.92 Å². The summed E-state index contributed by atoms with van der Waals surface area (Å²) in [6.07, 6.45) is 1.20. The maximum atomic E-state index is 12.5. The van der Waals surface area contributed by atoms with Gasteiger partial charge in [0.05, 0.1) is 0 Å². The lowest BCUT2D eigenvalue weighted by atomic mass is 10.1. The lowest BCUT2D eigenvalue weighted by molar-refractivity contribution is -0.118. The van der Waals surface area contributed by atoms with Crippen molar-refractivity contribution in [3.05, 3.63) is 63.6 Å². The van der Waals surface area contributed by atoms with Crippen molar-refractivity contribution in [3.63, 3.8) is 0 Å². The van der Waals surface area contributed by atoms with Gasteiger partial charge in [0.2, 0.25) is 5.91 Å². The highest BCUT2D eigenvalue weighted by atomic mass is 79.9. The van der Waals surface area contributed by atoms with E-state index in [1.165, 1.54) is 5.56 Å². The minimum atomic E-state index is -0.159. The lowest BCUT2D eigenvalue weighted by Gasteiger charge is -2.19.